The molecule has 1 aromatic rings. The largest absolute Gasteiger partial charge is 0.490 e. The van der Waals surface area contributed by atoms with E-state index >= 15 is 0 Å². The number of piperidine rings is 1. The number of amides is 3. The molecular weight excluding hydrogens is 433 g/mol. The lowest BCUT2D eigenvalue weighted by atomic mass is 10.2. The van der Waals surface area contributed by atoms with Crippen molar-refractivity contribution in [2.24, 2.45) is 17.8 Å². The lowest BCUT2D eigenvalue weighted by Crippen LogP contribution is -2.37. The number of rotatable bonds is 6. The van der Waals surface area contributed by atoms with Crippen LogP contribution < -0.4 is 15.0 Å². The van der Waals surface area contributed by atoms with Crippen molar-refractivity contribution in [1.82, 2.24) is 10.2 Å². The minimum atomic E-state index is -0.584. The van der Waals surface area contributed by atoms with Crippen LogP contribution in [0, 0.1) is 23.6 Å². The first kappa shape index (κ1) is 23.1. The van der Waals surface area contributed by atoms with Crippen LogP contribution in [-0.4, -0.2) is 67.5 Å². The van der Waals surface area contributed by atoms with Gasteiger partial charge in [0.15, 0.2) is 11.6 Å². The summed E-state index contributed by atoms with van der Waals surface area (Å²) in [5, 5.41) is 2.60. The Kier molecular flexibility index (Phi) is 6.11. The third kappa shape index (κ3) is 5.31. The van der Waals surface area contributed by atoms with Gasteiger partial charge in [-0.15, -0.1) is 0 Å². The maximum absolute atomic E-state index is 14.6. The maximum atomic E-state index is 14.6. The number of benzene rings is 1. The number of likely N-dealkylation sites (tertiary alicyclic amines) is 1. The van der Waals surface area contributed by atoms with Gasteiger partial charge in [-0.25, -0.2) is 14.0 Å². The number of nitrogens with one attached hydrogen (secondary N) is 1. The Balaban J connectivity index is 1.26. The highest BCUT2D eigenvalue weighted by Crippen LogP contribution is 2.52. The van der Waals surface area contributed by atoms with Gasteiger partial charge in [-0.1, -0.05) is 0 Å². The molecule has 2 aliphatic heterocycles. The van der Waals surface area contributed by atoms with Crippen LogP contribution >= 0.6 is 0 Å². The van der Waals surface area contributed by atoms with Crippen molar-refractivity contribution in [3.05, 3.63) is 24.0 Å². The normalized spacial score (nSPS) is 26.0. The van der Waals surface area contributed by atoms with Crippen molar-refractivity contribution < 1.29 is 33.0 Å². The summed E-state index contributed by atoms with van der Waals surface area (Å²) in [5.41, 5.74) is -0.153. The second kappa shape index (κ2) is 8.72. The monoisotopic (exact) mass is 463 g/mol. The summed E-state index contributed by atoms with van der Waals surface area (Å²) >= 11 is 0. The van der Waals surface area contributed by atoms with Crippen molar-refractivity contribution in [2.75, 3.05) is 37.7 Å². The highest BCUT2D eigenvalue weighted by molar-refractivity contribution is 5.90. The summed E-state index contributed by atoms with van der Waals surface area (Å²) in [6.45, 7) is 8.97. The van der Waals surface area contributed by atoms with Gasteiger partial charge in [-0.05, 0) is 44.7 Å². The van der Waals surface area contributed by atoms with Crippen LogP contribution in [0.4, 0.5) is 19.7 Å². The van der Waals surface area contributed by atoms with Crippen LogP contribution in [-0.2, 0) is 14.3 Å². The van der Waals surface area contributed by atoms with E-state index in [1.165, 1.54) is 24.0 Å². The van der Waals surface area contributed by atoms with Crippen LogP contribution in [0.25, 0.3) is 0 Å². The number of cyclic esters (lactones) is 1. The maximum Gasteiger partial charge on any atom is 0.414 e. The van der Waals surface area contributed by atoms with Gasteiger partial charge >= 0.3 is 12.2 Å². The lowest BCUT2D eigenvalue weighted by molar-refractivity contribution is -0.119. The third-order valence-corrected chi connectivity index (χ3v) is 6.13. The van der Waals surface area contributed by atoms with Crippen molar-refractivity contribution in [2.45, 2.75) is 39.4 Å². The second-order valence-electron chi connectivity index (χ2n) is 9.86. The number of fused-ring (bicyclic) bond motifs is 1. The highest BCUT2D eigenvalue weighted by Gasteiger charge is 2.57. The molecule has 4 atom stereocenters. The molecule has 3 amide bonds. The number of ether oxygens (including phenoxy) is 3. The van der Waals surface area contributed by atoms with Crippen molar-refractivity contribution >= 4 is 23.8 Å². The van der Waals surface area contributed by atoms with Gasteiger partial charge in [0, 0.05) is 32.0 Å². The molecule has 1 aromatic carbocycles. The molecule has 180 valence electrons. The highest BCUT2D eigenvalue weighted by atomic mass is 19.1. The molecule has 1 aliphatic carbocycles. The molecule has 2 saturated heterocycles. The molecule has 3 aliphatic rings. The first-order chi connectivity index (χ1) is 15.5. The van der Waals surface area contributed by atoms with Gasteiger partial charge in [-0.2, -0.15) is 0 Å². The van der Waals surface area contributed by atoms with E-state index in [4.69, 9.17) is 14.2 Å². The average Bonchev–Trinajstić information content (AvgIpc) is 3.02. The summed E-state index contributed by atoms with van der Waals surface area (Å²) in [5.74, 6) is 0.321. The Hall–Kier alpha value is -3.04. The molecule has 1 N–H and O–H groups in total. The number of carbonyl (C=O) groups is 3. The van der Waals surface area contributed by atoms with Gasteiger partial charge in [0.1, 0.15) is 11.7 Å². The summed E-state index contributed by atoms with van der Waals surface area (Å²) < 4.78 is 31.0. The minimum absolute atomic E-state index is 0.120. The summed E-state index contributed by atoms with van der Waals surface area (Å²) in [6.07, 6.45) is -1.37. The fraction of sp³-hybridized carbons (Fsp3) is 0.609. The van der Waals surface area contributed by atoms with Gasteiger partial charge in [0.2, 0.25) is 5.91 Å². The molecule has 33 heavy (non-hydrogen) atoms. The fourth-order valence-electron chi connectivity index (χ4n) is 4.43. The minimum Gasteiger partial charge on any atom is -0.490 e. The Morgan fingerprint density at radius 3 is 2.52 bits per heavy atom. The number of carbonyl (C=O) groups excluding carboxylic acids is 3. The average molecular weight is 464 g/mol. The number of hydrogen-bond acceptors (Lipinski definition) is 6. The predicted octanol–water partition coefficient (Wildman–Crippen LogP) is 2.78. The van der Waals surface area contributed by atoms with Crippen LogP contribution in [0.5, 0.6) is 5.75 Å². The number of halogens is 1. The Morgan fingerprint density at radius 2 is 1.91 bits per heavy atom. The SMILES string of the molecule is CC(=O)NC[C@H]1CN(c2ccc(OCC3[C@H]4CN(C(=O)OC(C)(C)C)C[C@@H]34)c(F)c2)C(=O)O1. The molecule has 0 spiro atoms. The molecule has 10 heteroatoms. The van der Waals surface area contributed by atoms with E-state index in [2.05, 4.69) is 5.32 Å². The quantitative estimate of drug-likeness (QED) is 0.697. The van der Waals surface area contributed by atoms with Crippen molar-refractivity contribution in [3.8, 4) is 5.75 Å². The van der Waals surface area contributed by atoms with E-state index in [9.17, 15) is 18.8 Å². The van der Waals surface area contributed by atoms with E-state index in [1.54, 1.807) is 11.0 Å². The number of hydrogen-bond donors (Lipinski definition) is 1. The molecule has 0 bridgehead atoms. The standard InChI is InChI=1S/C23H30FN3O6/c1-13(28)25-8-15-9-27(22(30)32-15)14-5-6-20(19(24)7-14)31-12-18-16-10-26(11-17(16)18)21(29)33-23(2,3)4/h5-7,15-18H,8-12H2,1-4H3,(H,25,28)/t15-,16-,17+,18?/m0/s1. The van der Waals surface area contributed by atoms with Gasteiger partial charge in [-0.3, -0.25) is 9.69 Å². The third-order valence-electron chi connectivity index (χ3n) is 6.13. The van der Waals surface area contributed by atoms with Crippen molar-refractivity contribution in [3.63, 3.8) is 0 Å². The molecule has 0 radical (unpaired) electrons. The predicted molar refractivity (Wildman–Crippen MR) is 116 cm³/mol. The Morgan fingerprint density at radius 1 is 1.21 bits per heavy atom. The van der Waals surface area contributed by atoms with Gasteiger partial charge in [0.05, 0.1) is 25.4 Å². The van der Waals surface area contributed by atoms with E-state index < -0.39 is 23.6 Å². The lowest BCUT2D eigenvalue weighted by Gasteiger charge is -2.26. The topological polar surface area (TPSA) is 97.4 Å². The van der Waals surface area contributed by atoms with Gasteiger partial charge < -0.3 is 24.4 Å². The molecule has 0 aromatic heterocycles. The van der Waals surface area contributed by atoms with Gasteiger partial charge in [0.25, 0.3) is 0 Å². The molecule has 1 saturated carbocycles. The Bertz CT molecular complexity index is 937. The van der Waals surface area contributed by atoms with Crippen molar-refractivity contribution in [1.29, 1.82) is 0 Å². The second-order valence-corrected chi connectivity index (χ2v) is 9.86. The van der Waals surface area contributed by atoms with Crippen LogP contribution in [0.1, 0.15) is 27.7 Å². The van der Waals surface area contributed by atoms with E-state index in [1.807, 2.05) is 20.8 Å². The summed E-state index contributed by atoms with van der Waals surface area (Å²) in [6, 6.07) is 4.36. The van der Waals surface area contributed by atoms with E-state index in [0.717, 1.165) is 0 Å². The van der Waals surface area contributed by atoms with Crippen LogP contribution in [0.2, 0.25) is 0 Å². The van der Waals surface area contributed by atoms with E-state index in [-0.39, 0.29) is 36.8 Å². The summed E-state index contributed by atoms with van der Waals surface area (Å²) in [7, 11) is 0. The smallest absolute Gasteiger partial charge is 0.414 e. The molecule has 1 unspecified atom stereocenters. The van der Waals surface area contributed by atoms with Crippen LogP contribution in [0.15, 0.2) is 18.2 Å². The molecule has 9 nitrogen and oxygen atoms in total. The zero-order valence-electron chi connectivity index (χ0n) is 19.3. The number of anilines is 1. The fourth-order valence-corrected chi connectivity index (χ4v) is 4.43. The zero-order valence-corrected chi connectivity index (χ0v) is 19.3. The first-order valence-corrected chi connectivity index (χ1v) is 11.1. The van der Waals surface area contributed by atoms with Crippen LogP contribution in [0.3, 0.4) is 0 Å². The number of nitrogens with zero attached hydrogens (tertiary/aromatic N) is 2. The summed E-state index contributed by atoms with van der Waals surface area (Å²) in [4.78, 5) is 38.4. The molecule has 2 heterocycles. The zero-order chi connectivity index (χ0) is 23.9. The molecular formula is C23H30FN3O6. The first-order valence-electron chi connectivity index (χ1n) is 11.1. The Labute approximate surface area is 192 Å². The molecule has 3 fully saturated rings. The van der Waals surface area contributed by atoms with E-state index in [0.29, 0.717) is 37.2 Å². The molecule has 4 rings (SSSR count).